The van der Waals surface area contributed by atoms with Gasteiger partial charge in [0.1, 0.15) is 18.0 Å². The Kier molecular flexibility index (Phi) is 6.11. The first-order chi connectivity index (χ1) is 15.0. The molecule has 0 bridgehead atoms. The lowest BCUT2D eigenvalue weighted by molar-refractivity contribution is 0.0539. The van der Waals surface area contributed by atoms with Crippen LogP contribution in [0.25, 0.3) is 10.9 Å². The number of hydroxylamine groups is 1. The molecule has 1 amide bonds. The van der Waals surface area contributed by atoms with E-state index in [2.05, 4.69) is 26.8 Å². The molecule has 31 heavy (non-hydrogen) atoms. The van der Waals surface area contributed by atoms with Crippen molar-refractivity contribution in [1.82, 2.24) is 20.3 Å². The Bertz CT molecular complexity index is 1100. The van der Waals surface area contributed by atoms with Gasteiger partial charge in [-0.2, -0.15) is 0 Å². The fraction of sp³-hybridized carbons (Fsp3) is 0.348. The van der Waals surface area contributed by atoms with E-state index in [1.54, 1.807) is 6.07 Å². The van der Waals surface area contributed by atoms with Crippen molar-refractivity contribution in [3.05, 3.63) is 65.2 Å². The maximum Gasteiger partial charge on any atom is 0.277 e. The van der Waals surface area contributed by atoms with E-state index < -0.39 is 0 Å². The number of hydrogen-bond donors (Lipinski definition) is 2. The molecule has 0 radical (unpaired) electrons. The molecule has 1 fully saturated rings. The number of halogens is 1. The number of nitrogens with zero attached hydrogens (tertiary/aromatic N) is 3. The van der Waals surface area contributed by atoms with Gasteiger partial charge in [-0.05, 0) is 68.2 Å². The molecule has 1 unspecified atom stereocenters. The van der Waals surface area contributed by atoms with Crippen molar-refractivity contribution < 1.29 is 14.0 Å². The largest absolute Gasteiger partial charge is 0.361 e. The SMILES string of the molecule is CONC(=O)c1cc(C2CC2)cc2c(NC(CN(C)C)c3cccc(F)c3)ncnc12. The lowest BCUT2D eigenvalue weighted by Gasteiger charge is -2.24. The van der Waals surface area contributed by atoms with Gasteiger partial charge in [0.2, 0.25) is 0 Å². The summed E-state index contributed by atoms with van der Waals surface area (Å²) in [6.45, 7) is 0.633. The van der Waals surface area contributed by atoms with Crippen LogP contribution in [0.15, 0.2) is 42.7 Å². The molecule has 1 aromatic heterocycles. The van der Waals surface area contributed by atoms with Crippen molar-refractivity contribution >= 4 is 22.6 Å². The summed E-state index contributed by atoms with van der Waals surface area (Å²) in [5.41, 5.74) is 5.28. The fourth-order valence-electron chi connectivity index (χ4n) is 3.77. The van der Waals surface area contributed by atoms with E-state index in [-0.39, 0.29) is 17.8 Å². The van der Waals surface area contributed by atoms with Crippen LogP contribution in [-0.2, 0) is 4.84 Å². The standard InChI is InChI=1S/C23H26FN5O2/c1-29(2)12-20(15-5-4-6-17(24)9-15)27-22-18-10-16(14-7-8-14)11-19(23(30)28-31-3)21(18)25-13-26-22/h4-6,9-11,13-14,20H,7-8,12H2,1-3H3,(H,28,30)(H,25,26,27). The number of anilines is 1. The zero-order valence-electron chi connectivity index (χ0n) is 17.9. The van der Waals surface area contributed by atoms with Gasteiger partial charge in [-0.15, -0.1) is 0 Å². The fourth-order valence-corrected chi connectivity index (χ4v) is 3.77. The average Bonchev–Trinajstić information content (AvgIpc) is 3.58. The van der Waals surface area contributed by atoms with E-state index in [0.29, 0.717) is 29.4 Å². The third kappa shape index (κ3) is 4.81. The first-order valence-corrected chi connectivity index (χ1v) is 10.2. The van der Waals surface area contributed by atoms with E-state index in [4.69, 9.17) is 4.84 Å². The van der Waals surface area contributed by atoms with Gasteiger partial charge in [0.05, 0.1) is 24.2 Å². The van der Waals surface area contributed by atoms with Crippen LogP contribution >= 0.6 is 0 Å². The van der Waals surface area contributed by atoms with Gasteiger partial charge in [0.15, 0.2) is 0 Å². The number of fused-ring (bicyclic) bond motifs is 1. The van der Waals surface area contributed by atoms with E-state index in [1.165, 1.54) is 25.6 Å². The summed E-state index contributed by atoms with van der Waals surface area (Å²) >= 11 is 0. The van der Waals surface area contributed by atoms with Crippen molar-refractivity contribution in [3.63, 3.8) is 0 Å². The zero-order chi connectivity index (χ0) is 22.0. The number of aromatic nitrogens is 2. The molecule has 8 heteroatoms. The summed E-state index contributed by atoms with van der Waals surface area (Å²) in [7, 11) is 5.33. The predicted octanol–water partition coefficient (Wildman–Crippen LogP) is 3.65. The third-order valence-corrected chi connectivity index (χ3v) is 5.36. The van der Waals surface area contributed by atoms with Gasteiger partial charge in [0, 0.05) is 11.9 Å². The van der Waals surface area contributed by atoms with Gasteiger partial charge in [-0.1, -0.05) is 12.1 Å². The van der Waals surface area contributed by atoms with Crippen LogP contribution < -0.4 is 10.8 Å². The van der Waals surface area contributed by atoms with E-state index >= 15 is 0 Å². The van der Waals surface area contributed by atoms with Crippen LogP contribution in [0.1, 0.15) is 46.3 Å². The van der Waals surface area contributed by atoms with Gasteiger partial charge in [-0.3, -0.25) is 9.63 Å². The summed E-state index contributed by atoms with van der Waals surface area (Å²) in [6, 6.07) is 10.3. The molecular weight excluding hydrogens is 397 g/mol. The Morgan fingerprint density at radius 3 is 2.74 bits per heavy atom. The summed E-state index contributed by atoms with van der Waals surface area (Å²) in [5, 5.41) is 4.22. The number of benzene rings is 2. The number of carbonyl (C=O) groups is 1. The van der Waals surface area contributed by atoms with Crippen LogP contribution in [0.2, 0.25) is 0 Å². The topological polar surface area (TPSA) is 79.4 Å². The summed E-state index contributed by atoms with van der Waals surface area (Å²) in [5.74, 6) is 0.405. The van der Waals surface area contributed by atoms with Crippen molar-refractivity contribution in [2.75, 3.05) is 33.1 Å². The third-order valence-electron chi connectivity index (χ3n) is 5.36. The smallest absolute Gasteiger partial charge is 0.277 e. The summed E-state index contributed by atoms with van der Waals surface area (Å²) in [4.78, 5) is 28.3. The van der Waals surface area contributed by atoms with Crippen molar-refractivity contribution in [2.24, 2.45) is 0 Å². The Morgan fingerprint density at radius 1 is 1.26 bits per heavy atom. The highest BCUT2D eigenvalue weighted by atomic mass is 19.1. The second-order valence-electron chi connectivity index (χ2n) is 8.11. The lowest BCUT2D eigenvalue weighted by Crippen LogP contribution is -2.26. The summed E-state index contributed by atoms with van der Waals surface area (Å²) < 4.78 is 13.9. The number of rotatable bonds is 8. The van der Waals surface area contributed by atoms with Crippen molar-refractivity contribution in [2.45, 2.75) is 24.8 Å². The van der Waals surface area contributed by atoms with E-state index in [0.717, 1.165) is 29.4 Å². The first-order valence-electron chi connectivity index (χ1n) is 10.2. The minimum Gasteiger partial charge on any atom is -0.361 e. The molecule has 1 aliphatic rings. The molecule has 0 aliphatic heterocycles. The molecule has 0 spiro atoms. The predicted molar refractivity (Wildman–Crippen MR) is 117 cm³/mol. The first kappa shape index (κ1) is 21.1. The van der Waals surface area contributed by atoms with Gasteiger partial charge in [-0.25, -0.2) is 19.8 Å². The highest BCUT2D eigenvalue weighted by Crippen LogP contribution is 2.42. The monoisotopic (exact) mass is 423 g/mol. The molecule has 3 aromatic rings. The highest BCUT2D eigenvalue weighted by Gasteiger charge is 2.27. The van der Waals surface area contributed by atoms with Gasteiger partial charge in [0.25, 0.3) is 5.91 Å². The Hall–Kier alpha value is -3.10. The molecule has 1 atom stereocenters. The molecule has 1 aliphatic carbocycles. The normalized spacial score (nSPS) is 14.6. The van der Waals surface area contributed by atoms with E-state index in [9.17, 15) is 9.18 Å². The molecular formula is C23H26FN5O2. The minimum atomic E-state index is -0.352. The Morgan fingerprint density at radius 2 is 2.06 bits per heavy atom. The van der Waals surface area contributed by atoms with Gasteiger partial charge < -0.3 is 10.2 Å². The lowest BCUT2D eigenvalue weighted by atomic mass is 10.0. The molecule has 4 rings (SSSR count). The van der Waals surface area contributed by atoms with Crippen LogP contribution in [0.4, 0.5) is 10.2 Å². The number of nitrogens with one attached hydrogen (secondary N) is 2. The molecule has 162 valence electrons. The minimum absolute atomic E-state index is 0.204. The van der Waals surface area contributed by atoms with Crippen molar-refractivity contribution in [3.8, 4) is 0 Å². The van der Waals surface area contributed by atoms with Crippen LogP contribution in [0.5, 0.6) is 0 Å². The maximum absolute atomic E-state index is 13.9. The van der Waals surface area contributed by atoms with Gasteiger partial charge >= 0.3 is 0 Å². The highest BCUT2D eigenvalue weighted by molar-refractivity contribution is 6.07. The van der Waals surface area contributed by atoms with Crippen molar-refractivity contribution in [1.29, 1.82) is 0 Å². The molecule has 0 saturated heterocycles. The summed E-state index contributed by atoms with van der Waals surface area (Å²) in [6.07, 6.45) is 3.63. The quantitative estimate of drug-likeness (QED) is 0.539. The number of carbonyl (C=O) groups excluding carboxylic acids is 1. The van der Waals surface area contributed by atoms with Crippen LogP contribution in [-0.4, -0.2) is 48.5 Å². The van der Waals surface area contributed by atoms with Crippen LogP contribution in [0, 0.1) is 5.82 Å². The average molecular weight is 423 g/mol. The zero-order valence-corrected chi connectivity index (χ0v) is 17.9. The number of hydrogen-bond acceptors (Lipinski definition) is 6. The van der Waals surface area contributed by atoms with E-state index in [1.807, 2.05) is 31.1 Å². The number of likely N-dealkylation sites (N-methyl/N-ethyl adjacent to an activating group) is 1. The molecule has 2 N–H and O–H groups in total. The molecule has 7 nitrogen and oxygen atoms in total. The number of amides is 1. The molecule has 2 aromatic carbocycles. The second kappa shape index (κ2) is 8.95. The second-order valence-corrected chi connectivity index (χ2v) is 8.11. The Labute approximate surface area is 180 Å². The molecule has 1 saturated carbocycles. The maximum atomic E-state index is 13.9. The molecule has 1 heterocycles. The van der Waals surface area contributed by atoms with Crippen LogP contribution in [0.3, 0.4) is 0 Å². The Balaban J connectivity index is 1.79.